The molecule has 0 saturated carbocycles. The van der Waals surface area contributed by atoms with Gasteiger partial charge in [0.05, 0.1) is 10.5 Å². The Labute approximate surface area is 135 Å². The number of pyridine rings is 1. The minimum absolute atomic E-state index is 0.0707. The molecule has 0 aliphatic heterocycles. The molecule has 118 valence electrons. The molecule has 0 saturated heterocycles. The molecule has 3 aromatic rings. The van der Waals surface area contributed by atoms with E-state index in [0.29, 0.717) is 17.4 Å². The van der Waals surface area contributed by atoms with E-state index in [1.54, 1.807) is 0 Å². The monoisotopic (exact) mass is 322 g/mol. The van der Waals surface area contributed by atoms with Crippen LogP contribution in [0.5, 0.6) is 0 Å². The van der Waals surface area contributed by atoms with Crippen LogP contribution >= 0.6 is 0 Å². The van der Waals surface area contributed by atoms with Crippen molar-refractivity contribution in [2.45, 2.75) is 0 Å². The molecule has 2 heterocycles. The van der Waals surface area contributed by atoms with E-state index in [9.17, 15) is 19.7 Å². The van der Waals surface area contributed by atoms with Crippen LogP contribution in [0, 0.1) is 10.1 Å². The number of benzene rings is 1. The quantitative estimate of drug-likeness (QED) is 0.414. The van der Waals surface area contributed by atoms with Gasteiger partial charge in [0.2, 0.25) is 0 Å². The van der Waals surface area contributed by atoms with Crippen LogP contribution in [0.15, 0.2) is 55.0 Å². The smallest absolute Gasteiger partial charge is 0.278 e. The molecule has 0 aliphatic rings. The zero-order chi connectivity index (χ0) is 17.1. The van der Waals surface area contributed by atoms with Gasteiger partial charge in [-0.15, -0.1) is 0 Å². The highest BCUT2D eigenvalue weighted by Gasteiger charge is 2.16. The van der Waals surface area contributed by atoms with Crippen LogP contribution < -0.4 is 0 Å². The molecule has 24 heavy (non-hydrogen) atoms. The molecule has 0 fully saturated rings. The summed E-state index contributed by atoms with van der Waals surface area (Å²) >= 11 is 0. The van der Waals surface area contributed by atoms with Crippen molar-refractivity contribution in [1.29, 1.82) is 0 Å². The maximum atomic E-state index is 12.4. The van der Waals surface area contributed by atoms with Crippen LogP contribution in [0.1, 0.15) is 20.7 Å². The van der Waals surface area contributed by atoms with Gasteiger partial charge >= 0.3 is 0 Å². The maximum absolute atomic E-state index is 12.4. The predicted octanol–water partition coefficient (Wildman–Crippen LogP) is 2.35. The van der Waals surface area contributed by atoms with Crippen LogP contribution in [0.25, 0.3) is 11.3 Å². The van der Waals surface area contributed by atoms with Gasteiger partial charge in [0.15, 0.2) is 6.29 Å². The fourth-order valence-corrected chi connectivity index (χ4v) is 2.17. The number of non-ortho nitro benzene ring substituents is 1. The van der Waals surface area contributed by atoms with Gasteiger partial charge in [-0.2, -0.15) is 5.10 Å². The zero-order valence-electron chi connectivity index (χ0n) is 12.2. The Morgan fingerprint density at radius 2 is 1.79 bits per heavy atom. The number of aldehydes is 1. The second-order valence-electron chi connectivity index (χ2n) is 4.84. The highest BCUT2D eigenvalue weighted by molar-refractivity contribution is 5.97. The van der Waals surface area contributed by atoms with Crippen molar-refractivity contribution in [3.8, 4) is 11.3 Å². The van der Waals surface area contributed by atoms with Gasteiger partial charge in [-0.1, -0.05) is 0 Å². The first-order chi connectivity index (χ1) is 11.6. The summed E-state index contributed by atoms with van der Waals surface area (Å²) in [6.07, 6.45) is 4.87. The van der Waals surface area contributed by atoms with Crippen LogP contribution in [0.2, 0.25) is 0 Å². The standard InChI is InChI=1S/C16H10N4O4/c21-10-13-9-19(16(22)12-5-7-17-8-6-12)18-15(13)11-1-3-14(4-2-11)20(23)24/h1-10H. The molecule has 3 rings (SSSR count). The third-order valence-corrected chi connectivity index (χ3v) is 3.36. The predicted molar refractivity (Wildman–Crippen MR) is 83.7 cm³/mol. The van der Waals surface area contributed by atoms with Crippen molar-refractivity contribution in [2.75, 3.05) is 0 Å². The average molecular weight is 322 g/mol. The number of aromatic nitrogens is 3. The van der Waals surface area contributed by atoms with Gasteiger partial charge in [-0.3, -0.25) is 24.7 Å². The summed E-state index contributed by atoms with van der Waals surface area (Å²) in [7, 11) is 0. The van der Waals surface area contributed by atoms with Gasteiger partial charge in [0.1, 0.15) is 5.69 Å². The van der Waals surface area contributed by atoms with Gasteiger partial charge in [0.25, 0.3) is 11.6 Å². The number of nitro benzene ring substituents is 1. The molecule has 2 aromatic heterocycles. The van der Waals surface area contributed by atoms with Crippen molar-refractivity contribution in [3.05, 3.63) is 76.2 Å². The second kappa shape index (κ2) is 6.21. The lowest BCUT2D eigenvalue weighted by molar-refractivity contribution is -0.384. The molecular weight excluding hydrogens is 312 g/mol. The highest BCUT2D eigenvalue weighted by atomic mass is 16.6. The Kier molecular flexibility index (Phi) is 3.94. The Morgan fingerprint density at radius 3 is 2.38 bits per heavy atom. The Bertz CT molecular complexity index is 917. The maximum Gasteiger partial charge on any atom is 0.278 e. The minimum atomic E-state index is -0.518. The van der Waals surface area contributed by atoms with E-state index in [1.807, 2.05) is 0 Å². The molecule has 0 radical (unpaired) electrons. The van der Waals surface area contributed by atoms with Gasteiger partial charge < -0.3 is 0 Å². The summed E-state index contributed by atoms with van der Waals surface area (Å²) in [6, 6.07) is 8.66. The Hall–Kier alpha value is -3.68. The van der Waals surface area contributed by atoms with Crippen molar-refractivity contribution in [2.24, 2.45) is 0 Å². The average Bonchev–Trinajstić information content (AvgIpc) is 3.06. The minimum Gasteiger partial charge on any atom is -0.298 e. The van der Waals surface area contributed by atoms with Crippen LogP contribution in [-0.4, -0.2) is 31.9 Å². The number of rotatable bonds is 4. The summed E-state index contributed by atoms with van der Waals surface area (Å²) < 4.78 is 1.07. The lowest BCUT2D eigenvalue weighted by Crippen LogP contribution is -2.12. The SMILES string of the molecule is O=Cc1cn(C(=O)c2ccncc2)nc1-c1ccc([N+](=O)[O-])cc1. The number of carbonyl (C=O) groups is 2. The van der Waals surface area contributed by atoms with E-state index in [1.165, 1.54) is 55.0 Å². The number of carbonyl (C=O) groups excluding carboxylic acids is 2. The van der Waals surface area contributed by atoms with Crippen molar-refractivity contribution < 1.29 is 14.5 Å². The first-order valence-corrected chi connectivity index (χ1v) is 6.84. The van der Waals surface area contributed by atoms with Crippen LogP contribution in [0.3, 0.4) is 0 Å². The fourth-order valence-electron chi connectivity index (χ4n) is 2.17. The second-order valence-corrected chi connectivity index (χ2v) is 4.84. The van der Waals surface area contributed by atoms with E-state index in [-0.39, 0.29) is 16.9 Å². The molecule has 0 N–H and O–H groups in total. The Morgan fingerprint density at radius 1 is 1.12 bits per heavy atom. The molecule has 8 nitrogen and oxygen atoms in total. The summed E-state index contributed by atoms with van der Waals surface area (Å²) in [4.78, 5) is 37.7. The van der Waals surface area contributed by atoms with Crippen molar-refractivity contribution in [1.82, 2.24) is 14.8 Å². The fraction of sp³-hybridized carbons (Fsp3) is 0. The number of nitro groups is 1. The van der Waals surface area contributed by atoms with E-state index in [0.717, 1.165) is 4.68 Å². The summed E-state index contributed by atoms with van der Waals surface area (Å²) in [6.45, 7) is 0. The third kappa shape index (κ3) is 2.80. The van der Waals surface area contributed by atoms with E-state index >= 15 is 0 Å². The highest BCUT2D eigenvalue weighted by Crippen LogP contribution is 2.24. The van der Waals surface area contributed by atoms with Crippen molar-refractivity contribution >= 4 is 17.9 Å². The molecule has 0 spiro atoms. The molecule has 1 aromatic carbocycles. The summed E-state index contributed by atoms with van der Waals surface area (Å²) in [5, 5.41) is 14.8. The number of hydrogen-bond donors (Lipinski definition) is 0. The zero-order valence-corrected chi connectivity index (χ0v) is 12.2. The molecule has 0 atom stereocenters. The van der Waals surface area contributed by atoms with E-state index in [2.05, 4.69) is 10.1 Å². The van der Waals surface area contributed by atoms with Gasteiger partial charge in [-0.05, 0) is 24.3 Å². The topological polar surface area (TPSA) is 108 Å². The van der Waals surface area contributed by atoms with Gasteiger partial charge in [0, 0.05) is 41.9 Å². The number of nitrogens with zero attached hydrogens (tertiary/aromatic N) is 4. The molecule has 0 bridgehead atoms. The van der Waals surface area contributed by atoms with Gasteiger partial charge in [-0.25, -0.2) is 4.68 Å². The first kappa shape index (κ1) is 15.2. The van der Waals surface area contributed by atoms with Crippen LogP contribution in [-0.2, 0) is 0 Å². The van der Waals surface area contributed by atoms with E-state index in [4.69, 9.17) is 0 Å². The normalized spacial score (nSPS) is 10.3. The molecular formula is C16H10N4O4. The molecule has 0 amide bonds. The number of hydrogen-bond acceptors (Lipinski definition) is 6. The van der Waals surface area contributed by atoms with Crippen molar-refractivity contribution in [3.63, 3.8) is 0 Å². The largest absolute Gasteiger partial charge is 0.298 e. The lowest BCUT2D eigenvalue weighted by Gasteiger charge is -2.00. The lowest BCUT2D eigenvalue weighted by atomic mass is 10.1. The third-order valence-electron chi connectivity index (χ3n) is 3.36. The summed E-state index contributed by atoms with van der Waals surface area (Å²) in [5.41, 5.74) is 1.30. The van der Waals surface area contributed by atoms with Crippen LogP contribution in [0.4, 0.5) is 5.69 Å². The molecule has 0 aliphatic carbocycles. The molecule has 0 unspecified atom stereocenters. The van der Waals surface area contributed by atoms with E-state index < -0.39 is 10.8 Å². The Balaban J connectivity index is 2.00. The summed E-state index contributed by atoms with van der Waals surface area (Å²) in [5.74, 6) is -0.409. The molecule has 8 heteroatoms. The first-order valence-electron chi connectivity index (χ1n) is 6.84.